The molecule has 1 aliphatic rings. The van der Waals surface area contributed by atoms with Crippen LogP contribution in [0, 0.1) is 11.7 Å². The molecule has 1 N–H and O–H groups in total. The van der Waals surface area contributed by atoms with Crippen LogP contribution in [0.3, 0.4) is 0 Å². The van der Waals surface area contributed by atoms with Crippen LogP contribution in [-0.2, 0) is 0 Å². The molecule has 2 aromatic rings. The van der Waals surface area contributed by atoms with Gasteiger partial charge in [-0.3, -0.25) is 0 Å². The Kier molecular flexibility index (Phi) is 2.60. The summed E-state index contributed by atoms with van der Waals surface area (Å²) in [6.45, 7) is 0. The Morgan fingerprint density at radius 1 is 1.06 bits per heavy atom. The van der Waals surface area contributed by atoms with Crippen molar-refractivity contribution < 1.29 is 9.50 Å². The van der Waals surface area contributed by atoms with Gasteiger partial charge in [0.1, 0.15) is 5.82 Å². The maximum atomic E-state index is 13.6. The van der Waals surface area contributed by atoms with E-state index < -0.39 is 6.10 Å². The van der Waals surface area contributed by atoms with Gasteiger partial charge in [-0.2, -0.15) is 0 Å². The first kappa shape index (κ1) is 10.7. The average molecular weight is 230 g/mol. The average Bonchev–Trinajstić information content (AvgIpc) is 2.27. The van der Waals surface area contributed by atoms with Gasteiger partial charge in [0.25, 0.3) is 0 Å². The zero-order valence-electron chi connectivity index (χ0n) is 9.57. The summed E-state index contributed by atoms with van der Waals surface area (Å²) in [6, 6.07) is 10.5. The minimum atomic E-state index is -0.450. The van der Waals surface area contributed by atoms with Gasteiger partial charge in [0.2, 0.25) is 0 Å². The molecule has 1 unspecified atom stereocenters. The van der Waals surface area contributed by atoms with Crippen molar-refractivity contribution in [3.8, 4) is 0 Å². The lowest BCUT2D eigenvalue weighted by Crippen LogP contribution is -2.20. The standard InChI is InChI=1S/C15H15FO/c16-14-9-8-13(15(17)10-4-3-5-10)11-6-1-2-7-12(11)14/h1-2,6-10,15,17H,3-5H2. The molecule has 0 saturated heterocycles. The number of benzene rings is 2. The van der Waals surface area contributed by atoms with Crippen molar-refractivity contribution in [2.24, 2.45) is 5.92 Å². The van der Waals surface area contributed by atoms with Crippen LogP contribution >= 0.6 is 0 Å². The normalized spacial score (nSPS) is 18.0. The van der Waals surface area contributed by atoms with E-state index in [4.69, 9.17) is 0 Å². The van der Waals surface area contributed by atoms with Gasteiger partial charge in [0.05, 0.1) is 6.10 Å². The molecule has 0 spiro atoms. The molecular weight excluding hydrogens is 215 g/mol. The number of fused-ring (bicyclic) bond motifs is 1. The fourth-order valence-corrected chi connectivity index (χ4v) is 2.55. The second kappa shape index (κ2) is 4.11. The van der Waals surface area contributed by atoms with Crippen LogP contribution < -0.4 is 0 Å². The second-order valence-electron chi connectivity index (χ2n) is 4.82. The van der Waals surface area contributed by atoms with Crippen molar-refractivity contribution >= 4 is 10.8 Å². The quantitative estimate of drug-likeness (QED) is 0.831. The Morgan fingerprint density at radius 3 is 2.41 bits per heavy atom. The lowest BCUT2D eigenvalue weighted by molar-refractivity contribution is 0.0632. The van der Waals surface area contributed by atoms with E-state index in [1.807, 2.05) is 18.2 Å². The minimum absolute atomic E-state index is 0.217. The lowest BCUT2D eigenvalue weighted by atomic mass is 9.78. The van der Waals surface area contributed by atoms with E-state index in [1.54, 1.807) is 12.1 Å². The highest BCUT2D eigenvalue weighted by molar-refractivity contribution is 5.86. The molecule has 1 atom stereocenters. The van der Waals surface area contributed by atoms with Gasteiger partial charge in [0, 0.05) is 5.39 Å². The molecular formula is C15H15FO. The van der Waals surface area contributed by atoms with Crippen molar-refractivity contribution in [2.75, 3.05) is 0 Å². The Bertz CT molecular complexity index is 546. The Balaban J connectivity index is 2.12. The number of hydrogen-bond donors (Lipinski definition) is 1. The summed E-state index contributed by atoms with van der Waals surface area (Å²) in [6.07, 6.45) is 2.90. The van der Waals surface area contributed by atoms with Crippen LogP contribution in [-0.4, -0.2) is 5.11 Å². The first-order valence-electron chi connectivity index (χ1n) is 6.12. The van der Waals surface area contributed by atoms with Gasteiger partial charge >= 0.3 is 0 Å². The molecule has 0 aliphatic heterocycles. The second-order valence-corrected chi connectivity index (χ2v) is 4.82. The van der Waals surface area contributed by atoms with Gasteiger partial charge in [-0.25, -0.2) is 4.39 Å². The molecule has 2 heteroatoms. The monoisotopic (exact) mass is 230 g/mol. The molecule has 0 radical (unpaired) electrons. The molecule has 88 valence electrons. The summed E-state index contributed by atoms with van der Waals surface area (Å²) in [5, 5.41) is 11.7. The van der Waals surface area contributed by atoms with Crippen molar-refractivity contribution in [3.63, 3.8) is 0 Å². The molecule has 2 aromatic carbocycles. The zero-order chi connectivity index (χ0) is 11.8. The Labute approximate surface area is 99.9 Å². The third-order valence-corrected chi connectivity index (χ3v) is 3.82. The summed E-state index contributed by atoms with van der Waals surface area (Å²) >= 11 is 0. The first-order valence-corrected chi connectivity index (χ1v) is 6.12. The van der Waals surface area contributed by atoms with Crippen molar-refractivity contribution in [3.05, 3.63) is 47.8 Å². The molecule has 1 fully saturated rings. The fourth-order valence-electron chi connectivity index (χ4n) is 2.55. The largest absolute Gasteiger partial charge is 0.388 e. The van der Waals surface area contributed by atoms with E-state index in [0.717, 1.165) is 23.8 Å². The number of hydrogen-bond acceptors (Lipinski definition) is 1. The molecule has 0 aromatic heterocycles. The summed E-state index contributed by atoms with van der Waals surface area (Å²) in [7, 11) is 0. The van der Waals surface area contributed by atoms with Gasteiger partial charge in [-0.15, -0.1) is 0 Å². The number of aliphatic hydroxyl groups is 1. The van der Waals surface area contributed by atoms with E-state index in [-0.39, 0.29) is 5.82 Å². The molecule has 17 heavy (non-hydrogen) atoms. The highest BCUT2D eigenvalue weighted by atomic mass is 19.1. The van der Waals surface area contributed by atoms with Gasteiger partial charge < -0.3 is 5.11 Å². The highest BCUT2D eigenvalue weighted by Crippen LogP contribution is 2.40. The van der Waals surface area contributed by atoms with Gasteiger partial charge in [0.15, 0.2) is 0 Å². The van der Waals surface area contributed by atoms with Crippen LogP contribution in [0.25, 0.3) is 10.8 Å². The van der Waals surface area contributed by atoms with E-state index in [1.165, 1.54) is 12.5 Å². The predicted molar refractivity (Wildman–Crippen MR) is 66.2 cm³/mol. The number of halogens is 1. The molecule has 1 saturated carbocycles. The summed E-state index contributed by atoms with van der Waals surface area (Å²) in [4.78, 5) is 0. The number of aliphatic hydroxyl groups excluding tert-OH is 1. The predicted octanol–water partition coefficient (Wildman–Crippen LogP) is 3.81. The molecule has 0 amide bonds. The molecule has 0 heterocycles. The van der Waals surface area contributed by atoms with Crippen molar-refractivity contribution in [1.82, 2.24) is 0 Å². The molecule has 0 bridgehead atoms. The van der Waals surface area contributed by atoms with Crippen LogP contribution in [0.15, 0.2) is 36.4 Å². The lowest BCUT2D eigenvalue weighted by Gasteiger charge is -2.31. The topological polar surface area (TPSA) is 20.2 Å². The Morgan fingerprint density at radius 2 is 1.76 bits per heavy atom. The maximum absolute atomic E-state index is 13.6. The summed E-state index contributed by atoms with van der Waals surface area (Å²) < 4.78 is 13.6. The zero-order valence-corrected chi connectivity index (χ0v) is 9.57. The summed E-state index contributed by atoms with van der Waals surface area (Å²) in [5.74, 6) is 0.133. The third kappa shape index (κ3) is 1.73. The van der Waals surface area contributed by atoms with Crippen LogP contribution in [0.4, 0.5) is 4.39 Å². The fraction of sp³-hybridized carbons (Fsp3) is 0.333. The van der Waals surface area contributed by atoms with E-state index in [0.29, 0.717) is 11.3 Å². The molecule has 1 aliphatic carbocycles. The van der Waals surface area contributed by atoms with Crippen molar-refractivity contribution in [2.45, 2.75) is 25.4 Å². The van der Waals surface area contributed by atoms with Crippen molar-refractivity contribution in [1.29, 1.82) is 0 Å². The molecule has 3 rings (SSSR count). The van der Waals surface area contributed by atoms with Crippen LogP contribution in [0.5, 0.6) is 0 Å². The highest BCUT2D eigenvalue weighted by Gasteiger charge is 2.27. The maximum Gasteiger partial charge on any atom is 0.131 e. The third-order valence-electron chi connectivity index (χ3n) is 3.82. The van der Waals surface area contributed by atoms with Crippen LogP contribution in [0.1, 0.15) is 30.9 Å². The Hall–Kier alpha value is -1.41. The van der Waals surface area contributed by atoms with Gasteiger partial charge in [-0.1, -0.05) is 36.8 Å². The summed E-state index contributed by atoms with van der Waals surface area (Å²) in [5.41, 5.74) is 0.867. The van der Waals surface area contributed by atoms with Gasteiger partial charge in [-0.05, 0) is 35.8 Å². The van der Waals surface area contributed by atoms with E-state index in [9.17, 15) is 9.50 Å². The SMILES string of the molecule is OC(c1ccc(F)c2ccccc12)C1CCC1. The van der Waals surface area contributed by atoms with E-state index in [2.05, 4.69) is 0 Å². The molecule has 1 nitrogen and oxygen atoms in total. The minimum Gasteiger partial charge on any atom is -0.388 e. The smallest absolute Gasteiger partial charge is 0.131 e. The van der Waals surface area contributed by atoms with Crippen LogP contribution in [0.2, 0.25) is 0 Å². The first-order chi connectivity index (χ1) is 8.27. The number of rotatable bonds is 2. The van der Waals surface area contributed by atoms with E-state index >= 15 is 0 Å².